The molecule has 0 atom stereocenters. The molecule has 14 heavy (non-hydrogen) atoms. The zero-order chi connectivity index (χ0) is 10.7. The van der Waals surface area contributed by atoms with E-state index in [0.29, 0.717) is 16.9 Å². The van der Waals surface area contributed by atoms with E-state index < -0.39 is 5.82 Å². The minimum atomic E-state index is -0.495. The summed E-state index contributed by atoms with van der Waals surface area (Å²) in [5.74, 6) is -0.0985. The van der Waals surface area contributed by atoms with Gasteiger partial charge in [-0.25, -0.2) is 4.39 Å². The van der Waals surface area contributed by atoms with Gasteiger partial charge in [-0.05, 0) is 13.0 Å². The maximum absolute atomic E-state index is 13.3. The van der Waals surface area contributed by atoms with Crippen molar-refractivity contribution in [3.8, 4) is 11.8 Å². The normalized spacial score (nSPS) is 9.64. The van der Waals surface area contributed by atoms with Crippen LogP contribution >= 0.6 is 11.6 Å². The second-order valence-electron chi connectivity index (χ2n) is 2.82. The predicted octanol–water partition coefficient (Wildman–Crippen LogP) is 2.86. The molecule has 0 saturated heterocycles. The minimum Gasteiger partial charge on any atom is -0.496 e. The molecule has 0 saturated carbocycles. The van der Waals surface area contributed by atoms with Crippen LogP contribution in [0, 0.1) is 24.1 Å². The molecule has 0 aliphatic carbocycles. The topological polar surface area (TPSA) is 33.0 Å². The number of benzene rings is 1. The highest BCUT2D eigenvalue weighted by atomic mass is 35.5. The third kappa shape index (κ3) is 1.80. The van der Waals surface area contributed by atoms with Crippen molar-refractivity contribution in [3.05, 3.63) is 28.0 Å². The van der Waals surface area contributed by atoms with Crippen LogP contribution in [0.2, 0.25) is 5.02 Å². The molecule has 1 aromatic carbocycles. The number of hydrogen-bond donors (Lipinski definition) is 0. The minimum absolute atomic E-state index is 0.0218. The molecule has 0 unspecified atom stereocenters. The Hall–Kier alpha value is -1.27. The van der Waals surface area contributed by atoms with Crippen LogP contribution in [0.15, 0.2) is 6.07 Å². The average molecular weight is 214 g/mol. The van der Waals surface area contributed by atoms with Crippen molar-refractivity contribution in [2.24, 2.45) is 0 Å². The van der Waals surface area contributed by atoms with Gasteiger partial charge < -0.3 is 4.74 Å². The van der Waals surface area contributed by atoms with Crippen LogP contribution in [0.1, 0.15) is 11.1 Å². The maximum Gasteiger partial charge on any atom is 0.148 e. The second-order valence-corrected chi connectivity index (χ2v) is 3.23. The van der Waals surface area contributed by atoms with E-state index in [0.717, 1.165) is 0 Å². The Morgan fingerprint density at radius 1 is 1.64 bits per heavy atom. The Bertz CT molecular complexity index is 398. The molecule has 74 valence electrons. The fraction of sp³-hybridized carbons (Fsp3) is 0.300. The predicted molar refractivity (Wildman–Crippen MR) is 52.0 cm³/mol. The molecule has 0 spiro atoms. The third-order valence-electron chi connectivity index (χ3n) is 1.95. The summed E-state index contributed by atoms with van der Waals surface area (Å²) in [7, 11) is 1.44. The fourth-order valence-electron chi connectivity index (χ4n) is 1.30. The molecule has 0 bridgehead atoms. The van der Waals surface area contributed by atoms with Gasteiger partial charge in [0.15, 0.2) is 0 Å². The van der Waals surface area contributed by atoms with E-state index in [1.165, 1.54) is 13.2 Å². The first kappa shape index (κ1) is 10.8. The first-order valence-electron chi connectivity index (χ1n) is 4.00. The summed E-state index contributed by atoms with van der Waals surface area (Å²) < 4.78 is 18.3. The van der Waals surface area contributed by atoms with Crippen molar-refractivity contribution in [1.29, 1.82) is 5.26 Å². The number of halogens is 2. The lowest BCUT2D eigenvalue weighted by atomic mass is 10.1. The molecule has 0 N–H and O–H groups in total. The molecule has 1 aromatic rings. The smallest absolute Gasteiger partial charge is 0.148 e. The van der Waals surface area contributed by atoms with Gasteiger partial charge >= 0.3 is 0 Å². The van der Waals surface area contributed by atoms with E-state index in [9.17, 15) is 4.39 Å². The molecule has 0 aromatic heterocycles. The van der Waals surface area contributed by atoms with Gasteiger partial charge in [0.1, 0.15) is 11.6 Å². The van der Waals surface area contributed by atoms with Crippen molar-refractivity contribution in [2.45, 2.75) is 13.3 Å². The molecule has 1 rings (SSSR count). The van der Waals surface area contributed by atoms with Gasteiger partial charge in [-0.3, -0.25) is 0 Å². The van der Waals surface area contributed by atoms with Crippen LogP contribution in [0.3, 0.4) is 0 Å². The van der Waals surface area contributed by atoms with Crippen LogP contribution < -0.4 is 4.74 Å². The van der Waals surface area contributed by atoms with E-state index in [1.807, 2.05) is 6.07 Å². The number of methoxy groups -OCH3 is 1. The van der Waals surface area contributed by atoms with Crippen LogP contribution in [0.5, 0.6) is 5.75 Å². The van der Waals surface area contributed by atoms with E-state index in [1.54, 1.807) is 6.92 Å². The highest BCUT2D eigenvalue weighted by Crippen LogP contribution is 2.31. The van der Waals surface area contributed by atoms with Gasteiger partial charge in [0.2, 0.25) is 0 Å². The van der Waals surface area contributed by atoms with Gasteiger partial charge in [0.25, 0.3) is 0 Å². The SMILES string of the molecule is COc1c(CC#N)cc(Cl)c(F)c1C. The number of nitriles is 1. The molecule has 0 amide bonds. The largest absolute Gasteiger partial charge is 0.496 e. The van der Waals surface area contributed by atoms with E-state index in [2.05, 4.69) is 0 Å². The van der Waals surface area contributed by atoms with Gasteiger partial charge in [-0.15, -0.1) is 0 Å². The molecule has 0 heterocycles. The lowest BCUT2D eigenvalue weighted by Crippen LogP contribution is -1.97. The number of rotatable bonds is 2. The Morgan fingerprint density at radius 3 is 2.79 bits per heavy atom. The lowest BCUT2D eigenvalue weighted by Gasteiger charge is -2.10. The van der Waals surface area contributed by atoms with Crippen LogP contribution in [0.25, 0.3) is 0 Å². The molecule has 4 heteroatoms. The third-order valence-corrected chi connectivity index (χ3v) is 2.22. The van der Waals surface area contributed by atoms with E-state index in [-0.39, 0.29) is 11.4 Å². The highest BCUT2D eigenvalue weighted by molar-refractivity contribution is 6.31. The molecular weight excluding hydrogens is 205 g/mol. The fourth-order valence-corrected chi connectivity index (χ4v) is 1.58. The molecule has 0 aliphatic rings. The Balaban J connectivity index is 3.37. The molecule has 0 radical (unpaired) electrons. The van der Waals surface area contributed by atoms with Crippen molar-refractivity contribution >= 4 is 11.6 Å². The van der Waals surface area contributed by atoms with Gasteiger partial charge in [-0.2, -0.15) is 5.26 Å². The summed E-state index contributed by atoms with van der Waals surface area (Å²) in [6.45, 7) is 1.57. The van der Waals surface area contributed by atoms with Gasteiger partial charge in [0, 0.05) is 11.1 Å². The van der Waals surface area contributed by atoms with E-state index >= 15 is 0 Å². The van der Waals surface area contributed by atoms with Crippen LogP contribution in [-0.2, 0) is 6.42 Å². The van der Waals surface area contributed by atoms with Crippen molar-refractivity contribution in [2.75, 3.05) is 7.11 Å². The Morgan fingerprint density at radius 2 is 2.29 bits per heavy atom. The average Bonchev–Trinajstić information content (AvgIpc) is 2.16. The maximum atomic E-state index is 13.3. The Kier molecular flexibility index (Phi) is 3.32. The summed E-state index contributed by atoms with van der Waals surface area (Å²) >= 11 is 5.64. The van der Waals surface area contributed by atoms with E-state index in [4.69, 9.17) is 21.6 Å². The summed E-state index contributed by atoms with van der Waals surface area (Å²) in [4.78, 5) is 0. The Labute approximate surface area is 86.9 Å². The molecule has 0 fully saturated rings. The van der Waals surface area contributed by atoms with Crippen LogP contribution in [0.4, 0.5) is 4.39 Å². The lowest BCUT2D eigenvalue weighted by molar-refractivity contribution is 0.403. The molecular formula is C10H9ClFNO. The first-order chi connectivity index (χ1) is 6.61. The van der Waals surface area contributed by atoms with Gasteiger partial charge in [-0.1, -0.05) is 11.6 Å². The number of ether oxygens (including phenoxy) is 1. The summed E-state index contributed by atoms with van der Waals surface area (Å²) in [6, 6.07) is 3.39. The van der Waals surface area contributed by atoms with Crippen LogP contribution in [-0.4, -0.2) is 7.11 Å². The number of nitrogens with zero attached hydrogens (tertiary/aromatic N) is 1. The van der Waals surface area contributed by atoms with Gasteiger partial charge in [0.05, 0.1) is 24.6 Å². The zero-order valence-electron chi connectivity index (χ0n) is 7.90. The summed E-state index contributed by atoms with van der Waals surface area (Å²) in [5.41, 5.74) is 0.948. The zero-order valence-corrected chi connectivity index (χ0v) is 8.65. The highest BCUT2D eigenvalue weighted by Gasteiger charge is 2.14. The summed E-state index contributed by atoms with van der Waals surface area (Å²) in [5, 5.41) is 8.57. The summed E-state index contributed by atoms with van der Waals surface area (Å²) in [6.07, 6.45) is 0.157. The van der Waals surface area contributed by atoms with Crippen molar-refractivity contribution in [3.63, 3.8) is 0 Å². The molecule has 2 nitrogen and oxygen atoms in total. The number of hydrogen-bond acceptors (Lipinski definition) is 2. The quantitative estimate of drug-likeness (QED) is 0.757. The van der Waals surface area contributed by atoms with Crippen molar-refractivity contribution in [1.82, 2.24) is 0 Å². The second kappa shape index (κ2) is 4.30. The monoisotopic (exact) mass is 213 g/mol. The standard InChI is InChI=1S/C10H9ClFNO/c1-6-9(12)8(11)5-7(3-4-13)10(6)14-2/h5H,3H2,1-2H3. The first-order valence-corrected chi connectivity index (χ1v) is 4.38. The molecule has 0 aliphatic heterocycles. The van der Waals surface area contributed by atoms with Crippen molar-refractivity contribution < 1.29 is 9.13 Å².